The number of carbonyl (C=O) groups is 2. The fraction of sp³-hybridized carbons (Fsp3) is 0.471. The van der Waals surface area contributed by atoms with Gasteiger partial charge in [0.2, 0.25) is 0 Å². The highest BCUT2D eigenvalue weighted by molar-refractivity contribution is 8.07. The largest absolute Gasteiger partial charge is 0.493 e. The summed E-state index contributed by atoms with van der Waals surface area (Å²) in [6.07, 6.45) is 5.68. The molecule has 0 saturated heterocycles. The molecule has 1 amide bonds. The molecule has 0 radical (unpaired) electrons. The van der Waals surface area contributed by atoms with Gasteiger partial charge in [0.15, 0.2) is 5.78 Å². The molecule has 41 heavy (non-hydrogen) atoms. The van der Waals surface area contributed by atoms with Crippen molar-refractivity contribution in [1.82, 2.24) is 5.32 Å². The number of nitrogens with one attached hydrogen (secondary N) is 1. The summed E-state index contributed by atoms with van der Waals surface area (Å²) in [7, 11) is 2.53. The van der Waals surface area contributed by atoms with Gasteiger partial charge in [-0.3, -0.25) is 4.79 Å². The second-order valence-corrected chi connectivity index (χ2v) is 9.85. The Morgan fingerprint density at radius 3 is 1.98 bits per heavy atom. The maximum absolute atomic E-state index is 12.2. The van der Waals surface area contributed by atoms with Gasteiger partial charge in [0.25, 0.3) is 0 Å². The van der Waals surface area contributed by atoms with Crippen LogP contribution in [0.3, 0.4) is 0 Å². The maximum Gasteiger partial charge on any atom is 0.412 e. The number of ether oxygens (including phenoxy) is 2. The second-order valence-electron chi connectivity index (χ2n) is 9.00. The smallest absolute Gasteiger partial charge is 0.412 e. The van der Waals surface area contributed by atoms with Crippen molar-refractivity contribution in [2.24, 2.45) is 5.41 Å². The normalized spacial score (nSPS) is 9.93. The van der Waals surface area contributed by atoms with Crippen molar-refractivity contribution in [3.63, 3.8) is 0 Å². The summed E-state index contributed by atoms with van der Waals surface area (Å²) in [6, 6.07) is 14.9. The Morgan fingerprint density at radius 1 is 1.00 bits per heavy atom. The van der Waals surface area contributed by atoms with E-state index in [2.05, 4.69) is 18.8 Å². The molecule has 6 nitrogen and oxygen atoms in total. The van der Waals surface area contributed by atoms with Crippen molar-refractivity contribution in [3.8, 4) is 11.5 Å². The van der Waals surface area contributed by atoms with Gasteiger partial charge in [-0.25, -0.2) is 4.79 Å². The van der Waals surface area contributed by atoms with Gasteiger partial charge in [-0.1, -0.05) is 98.2 Å². The van der Waals surface area contributed by atoms with E-state index < -0.39 is 6.09 Å². The molecule has 7 heteroatoms. The number of hydrogen-bond acceptors (Lipinski definition) is 6. The van der Waals surface area contributed by atoms with E-state index in [9.17, 15) is 9.59 Å². The first kappa shape index (κ1) is 42.4. The van der Waals surface area contributed by atoms with E-state index in [4.69, 9.17) is 14.6 Å². The molecule has 2 rings (SSSR count). The number of carbonyl (C=O) groups excluding carboxylic acids is 2. The molecule has 0 unspecified atom stereocenters. The van der Waals surface area contributed by atoms with Gasteiger partial charge in [-0.15, -0.1) is 11.8 Å². The number of hydrogen-bond donors (Lipinski definition) is 2. The Bertz CT molecular complexity index is 1010. The zero-order valence-electron chi connectivity index (χ0n) is 27.5. The zero-order chi connectivity index (χ0) is 32.4. The predicted octanol–water partition coefficient (Wildman–Crippen LogP) is 9.44. The topological polar surface area (TPSA) is 84.9 Å². The Morgan fingerprint density at radius 2 is 1.54 bits per heavy atom. The summed E-state index contributed by atoms with van der Waals surface area (Å²) < 4.78 is 10.7. The molecule has 0 saturated carbocycles. The fourth-order valence-corrected chi connectivity index (χ4v) is 3.53. The molecule has 0 aromatic heterocycles. The van der Waals surface area contributed by atoms with Crippen LogP contribution in [0.4, 0.5) is 4.79 Å². The average Bonchev–Trinajstić information content (AvgIpc) is 2.99. The zero-order valence-corrected chi connectivity index (χ0v) is 28.3. The number of thioether (sulfide) groups is 1. The van der Waals surface area contributed by atoms with Crippen LogP contribution in [-0.2, 0) is 0 Å². The molecular formula is C34H55NO5S. The minimum atomic E-state index is -0.467. The fourth-order valence-electron chi connectivity index (χ4n) is 2.84. The number of Topliss-reactive ketones (excluding diaryl/α,β-unsaturated/α-hetero) is 1. The van der Waals surface area contributed by atoms with E-state index >= 15 is 0 Å². The lowest BCUT2D eigenvalue weighted by Crippen LogP contribution is -2.21. The highest BCUT2D eigenvalue weighted by Gasteiger charge is 2.25. The summed E-state index contributed by atoms with van der Waals surface area (Å²) in [5, 5.41) is 9.40. The van der Waals surface area contributed by atoms with Crippen molar-refractivity contribution < 1.29 is 24.2 Å². The maximum atomic E-state index is 12.2. The van der Waals surface area contributed by atoms with Gasteiger partial charge in [-0.2, -0.15) is 0 Å². The summed E-state index contributed by atoms with van der Waals surface area (Å²) >= 11 is 1.66. The van der Waals surface area contributed by atoms with Gasteiger partial charge < -0.3 is 19.9 Å². The van der Waals surface area contributed by atoms with Crippen LogP contribution in [0.5, 0.6) is 11.5 Å². The van der Waals surface area contributed by atoms with E-state index in [0.29, 0.717) is 23.7 Å². The number of allylic oxidation sites excluding steroid dienone is 2. The predicted molar refractivity (Wildman–Crippen MR) is 179 cm³/mol. The monoisotopic (exact) mass is 589 g/mol. The van der Waals surface area contributed by atoms with Gasteiger partial charge in [0, 0.05) is 24.5 Å². The number of benzene rings is 2. The molecule has 0 aliphatic carbocycles. The molecule has 0 heterocycles. The lowest BCUT2D eigenvalue weighted by atomic mass is 9.86. The van der Waals surface area contributed by atoms with Gasteiger partial charge >= 0.3 is 6.09 Å². The highest BCUT2D eigenvalue weighted by Crippen LogP contribution is 2.28. The van der Waals surface area contributed by atoms with Crippen molar-refractivity contribution in [2.45, 2.75) is 75.2 Å². The number of ketones is 1. The summed E-state index contributed by atoms with van der Waals surface area (Å²) in [4.78, 5) is 24.4. The third kappa shape index (κ3) is 18.9. The Balaban J connectivity index is -0.000000596. The van der Waals surface area contributed by atoms with Crippen molar-refractivity contribution in [3.05, 3.63) is 77.9 Å². The van der Waals surface area contributed by atoms with Crippen LogP contribution in [0.25, 0.3) is 4.91 Å². The van der Waals surface area contributed by atoms with Gasteiger partial charge in [-0.05, 0) is 55.5 Å². The van der Waals surface area contributed by atoms with Crippen LogP contribution in [-0.4, -0.2) is 44.0 Å². The van der Waals surface area contributed by atoms with E-state index in [-0.39, 0.29) is 11.2 Å². The van der Waals surface area contributed by atoms with Gasteiger partial charge in [0.1, 0.15) is 11.5 Å². The number of unbranched alkanes of at least 4 members (excludes halogenated alkanes) is 1. The van der Waals surface area contributed by atoms with Crippen LogP contribution in [0.1, 0.15) is 91.1 Å². The molecule has 0 atom stereocenters. The van der Waals surface area contributed by atoms with E-state index in [0.717, 1.165) is 36.0 Å². The SMILES string of the molecule is C=C(C)/C=C(\SC)c1ccc(OC(=O)NC)cc1.CC.CC.CCCCOc1ccccc1C(=O)C(C)(C)C.CO. The summed E-state index contributed by atoms with van der Waals surface area (Å²) in [5.41, 5.74) is 2.40. The average molecular weight is 590 g/mol. The van der Waals surface area contributed by atoms with Crippen molar-refractivity contribution >= 4 is 28.5 Å². The Kier molecular flexibility index (Phi) is 26.8. The molecular weight excluding hydrogens is 534 g/mol. The molecule has 0 aliphatic heterocycles. The van der Waals surface area contributed by atoms with Crippen molar-refractivity contribution in [1.29, 1.82) is 0 Å². The van der Waals surface area contributed by atoms with E-state index in [1.165, 1.54) is 7.05 Å². The lowest BCUT2D eigenvalue weighted by Gasteiger charge is -2.19. The number of aliphatic hydroxyl groups is 1. The first-order chi connectivity index (χ1) is 19.5. The molecule has 0 fully saturated rings. The second kappa shape index (κ2) is 25.9. The molecule has 0 bridgehead atoms. The van der Waals surface area contributed by atoms with Crippen LogP contribution >= 0.6 is 11.8 Å². The third-order valence-corrected chi connectivity index (χ3v) is 5.51. The minimum absolute atomic E-state index is 0.129. The Hall–Kier alpha value is -3.03. The number of para-hydroxylation sites is 1. The summed E-state index contributed by atoms with van der Waals surface area (Å²) in [5.74, 6) is 1.36. The van der Waals surface area contributed by atoms with E-state index in [1.807, 2.05) is 104 Å². The molecule has 2 N–H and O–H groups in total. The van der Waals surface area contributed by atoms with E-state index in [1.54, 1.807) is 23.9 Å². The standard InChI is InChI=1S/C15H22O2.C14H17NO2S.2C2H6.CH4O/c1-5-6-11-17-13-10-8-7-9-12(13)14(16)15(2,3)4;1-10(2)9-13(18-4)11-5-7-12(8-6-11)17-14(16)15-3;3*1-2/h7-10H,5-6,11H2,1-4H3;5-9H,1H2,2-4H3,(H,15,16);2*1-2H3;2H,1H3/b;13-9-;;;. The number of aliphatic hydroxyl groups excluding tert-OH is 1. The minimum Gasteiger partial charge on any atom is -0.493 e. The third-order valence-electron chi connectivity index (χ3n) is 4.72. The van der Waals surface area contributed by atoms with Crippen molar-refractivity contribution in [2.75, 3.05) is 27.0 Å². The molecule has 2 aromatic rings. The van der Waals surface area contributed by atoms with Crippen LogP contribution in [0, 0.1) is 5.41 Å². The number of rotatable bonds is 9. The highest BCUT2D eigenvalue weighted by atomic mass is 32.2. The molecule has 0 spiro atoms. The quantitative estimate of drug-likeness (QED) is 0.172. The Labute approximate surface area is 254 Å². The molecule has 0 aliphatic rings. The van der Waals surface area contributed by atoms with Crippen LogP contribution in [0.2, 0.25) is 0 Å². The van der Waals surface area contributed by atoms with Crippen LogP contribution in [0.15, 0.2) is 66.8 Å². The molecule has 232 valence electrons. The first-order valence-corrected chi connectivity index (χ1v) is 15.4. The first-order valence-electron chi connectivity index (χ1n) is 14.2. The van der Waals surface area contributed by atoms with Gasteiger partial charge in [0.05, 0.1) is 12.2 Å². The van der Waals surface area contributed by atoms with Crippen LogP contribution < -0.4 is 14.8 Å². The molecule has 2 aromatic carbocycles. The number of amides is 1. The lowest BCUT2D eigenvalue weighted by molar-refractivity contribution is 0.0854. The summed E-state index contributed by atoms with van der Waals surface area (Å²) in [6.45, 7) is 22.4.